The summed E-state index contributed by atoms with van der Waals surface area (Å²) in [4.78, 5) is 4.46. The van der Waals surface area contributed by atoms with E-state index in [-0.39, 0.29) is 5.54 Å². The van der Waals surface area contributed by atoms with Gasteiger partial charge in [0.2, 0.25) is 16.9 Å². The first kappa shape index (κ1) is 15.7. The van der Waals surface area contributed by atoms with Crippen LogP contribution >= 0.6 is 11.8 Å². The lowest BCUT2D eigenvalue weighted by atomic mass is 10.1. The molecule has 120 valence electrons. The van der Waals surface area contributed by atoms with Gasteiger partial charge in [-0.05, 0) is 43.7 Å². The van der Waals surface area contributed by atoms with Crippen LogP contribution in [0.5, 0.6) is 0 Å². The number of aryl methyl sites for hydroxylation is 1. The minimum absolute atomic E-state index is 0.174. The topological polar surface area (TPSA) is 82.5 Å². The molecule has 0 aliphatic heterocycles. The highest BCUT2D eigenvalue weighted by Crippen LogP contribution is 2.25. The molecular weight excluding hydrogens is 312 g/mol. The quantitative estimate of drug-likeness (QED) is 0.680. The summed E-state index contributed by atoms with van der Waals surface area (Å²) < 4.78 is 7.13. The molecule has 0 aliphatic rings. The van der Waals surface area contributed by atoms with E-state index in [1.165, 1.54) is 11.8 Å². The second-order valence-electron chi connectivity index (χ2n) is 6.16. The molecule has 7 nitrogen and oxygen atoms in total. The van der Waals surface area contributed by atoms with Gasteiger partial charge < -0.3 is 4.52 Å². The van der Waals surface area contributed by atoms with E-state index in [4.69, 9.17) is 4.52 Å². The van der Waals surface area contributed by atoms with Crippen molar-refractivity contribution >= 4 is 11.8 Å². The Kier molecular flexibility index (Phi) is 4.16. The van der Waals surface area contributed by atoms with Crippen molar-refractivity contribution in [1.29, 1.82) is 0 Å². The Morgan fingerprint density at radius 3 is 2.74 bits per heavy atom. The zero-order chi connectivity index (χ0) is 16.4. The molecule has 8 heteroatoms. The number of rotatable bonds is 4. The van der Waals surface area contributed by atoms with Crippen molar-refractivity contribution in [3.05, 3.63) is 35.7 Å². The Labute approximate surface area is 138 Å². The van der Waals surface area contributed by atoms with Crippen molar-refractivity contribution < 1.29 is 4.52 Å². The molecule has 0 saturated heterocycles. The monoisotopic (exact) mass is 330 g/mol. The average molecular weight is 330 g/mol. The van der Waals surface area contributed by atoms with Crippen LogP contribution in [-0.4, -0.2) is 30.3 Å². The first-order chi connectivity index (χ1) is 10.9. The number of hydrogen-bond acceptors (Lipinski definition) is 7. The van der Waals surface area contributed by atoms with E-state index in [1.54, 1.807) is 4.68 Å². The molecule has 0 radical (unpaired) electrons. The van der Waals surface area contributed by atoms with Gasteiger partial charge in [0.1, 0.15) is 0 Å². The van der Waals surface area contributed by atoms with Gasteiger partial charge in [-0.25, -0.2) is 4.68 Å². The van der Waals surface area contributed by atoms with Crippen molar-refractivity contribution in [2.24, 2.45) is 0 Å². The van der Waals surface area contributed by atoms with Crippen LogP contribution in [-0.2, 0) is 11.3 Å². The maximum Gasteiger partial charge on any atom is 0.237 e. The molecule has 0 fully saturated rings. The van der Waals surface area contributed by atoms with Gasteiger partial charge >= 0.3 is 0 Å². The van der Waals surface area contributed by atoms with Gasteiger partial charge in [-0.2, -0.15) is 4.98 Å². The van der Waals surface area contributed by atoms with Gasteiger partial charge in [0, 0.05) is 5.56 Å². The Balaban J connectivity index is 1.74. The smallest absolute Gasteiger partial charge is 0.237 e. The molecule has 0 amide bonds. The summed E-state index contributed by atoms with van der Waals surface area (Å²) in [5.74, 6) is 1.68. The molecule has 0 saturated carbocycles. The van der Waals surface area contributed by atoms with Gasteiger partial charge in [-0.1, -0.05) is 41.2 Å². The van der Waals surface area contributed by atoms with E-state index in [9.17, 15) is 0 Å². The molecular formula is C15H18N6OS. The third kappa shape index (κ3) is 3.42. The van der Waals surface area contributed by atoms with Crippen LogP contribution in [0, 0.1) is 6.92 Å². The maximum absolute atomic E-state index is 5.34. The molecule has 0 N–H and O–H groups in total. The number of hydrogen-bond donors (Lipinski definition) is 0. The summed E-state index contributed by atoms with van der Waals surface area (Å²) in [5.41, 5.74) is 1.92. The van der Waals surface area contributed by atoms with Crippen molar-refractivity contribution in [3.8, 4) is 11.4 Å². The number of tetrazole rings is 1. The third-order valence-corrected chi connectivity index (χ3v) is 4.16. The van der Waals surface area contributed by atoms with Crippen LogP contribution in [0.2, 0.25) is 0 Å². The first-order valence-electron chi connectivity index (χ1n) is 7.25. The molecule has 0 aliphatic carbocycles. The lowest BCUT2D eigenvalue weighted by Gasteiger charge is -2.19. The molecule has 1 aromatic carbocycles. The Hall–Kier alpha value is -2.22. The van der Waals surface area contributed by atoms with E-state index >= 15 is 0 Å². The van der Waals surface area contributed by atoms with Gasteiger partial charge in [0.25, 0.3) is 0 Å². The molecule has 2 heterocycles. The van der Waals surface area contributed by atoms with Crippen molar-refractivity contribution in [3.63, 3.8) is 0 Å². The molecule has 3 rings (SSSR count). The Bertz CT molecular complexity index is 804. The summed E-state index contributed by atoms with van der Waals surface area (Å²) in [6.45, 7) is 8.18. The second kappa shape index (κ2) is 6.11. The second-order valence-corrected chi connectivity index (χ2v) is 7.10. The number of thioether (sulfide) groups is 1. The minimum atomic E-state index is -0.174. The highest BCUT2D eigenvalue weighted by molar-refractivity contribution is 7.98. The van der Waals surface area contributed by atoms with E-state index in [1.807, 2.05) is 31.2 Å². The average Bonchev–Trinajstić information content (AvgIpc) is 3.14. The molecule has 23 heavy (non-hydrogen) atoms. The van der Waals surface area contributed by atoms with Crippen LogP contribution in [0.25, 0.3) is 11.4 Å². The van der Waals surface area contributed by atoms with E-state index in [0.717, 1.165) is 16.3 Å². The van der Waals surface area contributed by atoms with Crippen LogP contribution in [0.4, 0.5) is 0 Å². The summed E-state index contributed by atoms with van der Waals surface area (Å²) in [6, 6.07) is 7.96. The lowest BCUT2D eigenvalue weighted by Crippen LogP contribution is -2.24. The van der Waals surface area contributed by atoms with Crippen LogP contribution < -0.4 is 0 Å². The molecule has 0 atom stereocenters. The van der Waals surface area contributed by atoms with E-state index < -0.39 is 0 Å². The number of nitrogens with zero attached hydrogens (tertiary/aromatic N) is 6. The Morgan fingerprint density at radius 1 is 1.22 bits per heavy atom. The zero-order valence-corrected chi connectivity index (χ0v) is 14.3. The van der Waals surface area contributed by atoms with Crippen LogP contribution in [0.3, 0.4) is 0 Å². The Morgan fingerprint density at radius 2 is 2.00 bits per heavy atom. The highest BCUT2D eigenvalue weighted by Gasteiger charge is 2.20. The van der Waals surface area contributed by atoms with Crippen LogP contribution in [0.15, 0.2) is 33.9 Å². The summed E-state index contributed by atoms with van der Waals surface area (Å²) in [7, 11) is 0. The summed E-state index contributed by atoms with van der Waals surface area (Å²) >= 11 is 1.48. The normalized spacial score (nSPS) is 11.8. The van der Waals surface area contributed by atoms with Crippen LogP contribution in [0.1, 0.15) is 32.2 Å². The van der Waals surface area contributed by atoms with Gasteiger partial charge in [-0.15, -0.1) is 5.10 Å². The fraction of sp³-hybridized carbons (Fsp3) is 0.400. The molecule has 3 aromatic rings. The molecule has 0 spiro atoms. The summed E-state index contributed by atoms with van der Waals surface area (Å²) in [6.07, 6.45) is 0. The highest BCUT2D eigenvalue weighted by atomic mass is 32.2. The SMILES string of the molecule is Cc1ccccc1-c1noc(CSc2nnnn2C(C)(C)C)n1. The zero-order valence-electron chi connectivity index (χ0n) is 13.5. The number of benzene rings is 1. The van der Waals surface area contributed by atoms with E-state index in [2.05, 4.69) is 46.4 Å². The van der Waals surface area contributed by atoms with Gasteiger partial charge in [0.05, 0.1) is 11.3 Å². The minimum Gasteiger partial charge on any atom is -0.338 e. The predicted octanol–water partition coefficient (Wildman–Crippen LogP) is 3.08. The lowest BCUT2D eigenvalue weighted by molar-refractivity contribution is 0.321. The fourth-order valence-corrected chi connectivity index (χ4v) is 2.96. The molecule has 0 unspecified atom stereocenters. The van der Waals surface area contributed by atoms with Crippen molar-refractivity contribution in [2.45, 2.75) is 44.1 Å². The third-order valence-electron chi connectivity index (χ3n) is 3.26. The first-order valence-corrected chi connectivity index (χ1v) is 8.24. The predicted molar refractivity (Wildman–Crippen MR) is 86.8 cm³/mol. The van der Waals surface area contributed by atoms with Gasteiger partial charge in [0.15, 0.2) is 0 Å². The van der Waals surface area contributed by atoms with Gasteiger partial charge in [-0.3, -0.25) is 0 Å². The van der Waals surface area contributed by atoms with Crippen molar-refractivity contribution in [2.75, 3.05) is 0 Å². The van der Waals surface area contributed by atoms with E-state index in [0.29, 0.717) is 17.5 Å². The largest absolute Gasteiger partial charge is 0.338 e. The molecule has 0 bridgehead atoms. The fourth-order valence-electron chi connectivity index (χ4n) is 2.06. The van der Waals surface area contributed by atoms with Crippen molar-refractivity contribution in [1.82, 2.24) is 30.3 Å². The molecule has 2 aromatic heterocycles. The number of aromatic nitrogens is 6. The maximum atomic E-state index is 5.34. The standard InChI is InChI=1S/C15H18N6OS/c1-10-7-5-6-8-11(10)13-16-12(22-18-13)9-23-14-17-19-20-21(14)15(2,3)4/h5-8H,9H2,1-4H3. The summed E-state index contributed by atoms with van der Waals surface area (Å²) in [5, 5.41) is 16.6.